The van der Waals surface area contributed by atoms with E-state index in [0.717, 1.165) is 4.90 Å². The highest BCUT2D eigenvalue weighted by Crippen LogP contribution is 2.37. The number of esters is 1. The monoisotopic (exact) mass is 471 g/mol. The Kier molecular flexibility index (Phi) is 6.22. The minimum absolute atomic E-state index is 0.0341. The Morgan fingerprint density at radius 1 is 1.15 bits per heavy atom. The van der Waals surface area contributed by atoms with Crippen LogP contribution in [-0.2, 0) is 16.0 Å². The Balaban J connectivity index is 1.44. The number of hydrogen-bond acceptors (Lipinski definition) is 7. The van der Waals surface area contributed by atoms with Crippen molar-refractivity contribution in [2.75, 3.05) is 6.73 Å². The molecular formula is C23H20BF2NO7. The highest BCUT2D eigenvalue weighted by molar-refractivity contribution is 6.47. The van der Waals surface area contributed by atoms with Crippen LogP contribution in [0.3, 0.4) is 0 Å². The van der Waals surface area contributed by atoms with Gasteiger partial charge in [-0.2, -0.15) is 0 Å². The lowest BCUT2D eigenvalue weighted by Crippen LogP contribution is -2.37. The fourth-order valence-corrected chi connectivity index (χ4v) is 4.09. The molecule has 34 heavy (non-hydrogen) atoms. The number of benzene rings is 2. The number of ether oxygens (including phenoxy) is 1. The van der Waals surface area contributed by atoms with Gasteiger partial charge in [-0.05, 0) is 37.1 Å². The van der Waals surface area contributed by atoms with Gasteiger partial charge in [-0.3, -0.25) is 14.4 Å². The highest BCUT2D eigenvalue weighted by atomic mass is 19.3. The number of Topliss-reactive ketones (excluding diaryl/α,β-unsaturated/α-hetero) is 1. The predicted octanol–water partition coefficient (Wildman–Crippen LogP) is 2.89. The Bertz CT molecular complexity index is 1150. The summed E-state index contributed by atoms with van der Waals surface area (Å²) >= 11 is 0. The molecular weight excluding hydrogens is 451 g/mol. The van der Waals surface area contributed by atoms with Crippen LogP contribution in [0.1, 0.15) is 56.4 Å². The van der Waals surface area contributed by atoms with Gasteiger partial charge in [0.15, 0.2) is 6.73 Å². The van der Waals surface area contributed by atoms with Crippen LogP contribution >= 0.6 is 0 Å². The Hall–Kier alpha value is -3.60. The van der Waals surface area contributed by atoms with Gasteiger partial charge >= 0.3 is 13.1 Å². The highest BCUT2D eigenvalue weighted by Gasteiger charge is 2.40. The second-order valence-electron chi connectivity index (χ2n) is 8.40. The molecule has 0 saturated heterocycles. The van der Waals surface area contributed by atoms with E-state index in [2.05, 4.69) is 0 Å². The van der Waals surface area contributed by atoms with E-state index < -0.39 is 55.6 Å². The van der Waals surface area contributed by atoms with Gasteiger partial charge in [-0.1, -0.05) is 24.3 Å². The molecule has 2 amide bonds. The summed E-state index contributed by atoms with van der Waals surface area (Å²) in [6.07, 6.45) is -1.12. The maximum atomic E-state index is 13.1. The maximum Gasteiger partial charge on any atom is 0.526 e. The first kappa shape index (κ1) is 23.6. The lowest BCUT2D eigenvalue weighted by Gasteiger charge is -2.28. The number of amides is 2. The molecule has 0 unspecified atom stereocenters. The molecule has 0 radical (unpaired) electrons. The van der Waals surface area contributed by atoms with Crippen LogP contribution in [0.25, 0.3) is 0 Å². The number of para-hydroxylation sites is 1. The van der Waals surface area contributed by atoms with E-state index in [0.29, 0.717) is 12.5 Å². The van der Waals surface area contributed by atoms with E-state index in [-0.39, 0.29) is 35.3 Å². The molecule has 0 bridgehead atoms. The lowest BCUT2D eigenvalue weighted by atomic mass is 9.64. The molecule has 2 aliphatic rings. The van der Waals surface area contributed by atoms with E-state index >= 15 is 0 Å². The summed E-state index contributed by atoms with van der Waals surface area (Å²) in [5.41, 5.74) is 0.876. The van der Waals surface area contributed by atoms with Gasteiger partial charge < -0.3 is 14.4 Å². The van der Waals surface area contributed by atoms with Gasteiger partial charge in [0.2, 0.25) is 0 Å². The van der Waals surface area contributed by atoms with Crippen molar-refractivity contribution in [2.45, 2.75) is 37.9 Å². The average Bonchev–Trinajstić information content (AvgIpc) is 3.01. The van der Waals surface area contributed by atoms with Crippen molar-refractivity contribution in [2.24, 2.45) is 0 Å². The van der Waals surface area contributed by atoms with E-state index in [1.165, 1.54) is 24.3 Å². The van der Waals surface area contributed by atoms with Crippen LogP contribution in [0.15, 0.2) is 42.5 Å². The number of hydrogen-bond donors (Lipinski definition) is 1. The van der Waals surface area contributed by atoms with Gasteiger partial charge in [0.05, 0.1) is 17.5 Å². The number of rotatable bonds is 7. The van der Waals surface area contributed by atoms with Crippen LogP contribution in [0.2, 0.25) is 5.82 Å². The minimum atomic E-state index is -3.15. The maximum absolute atomic E-state index is 13.1. The quantitative estimate of drug-likeness (QED) is 0.376. The van der Waals surface area contributed by atoms with Gasteiger partial charge in [0.25, 0.3) is 17.7 Å². The number of halogens is 2. The molecule has 176 valence electrons. The van der Waals surface area contributed by atoms with E-state index in [9.17, 15) is 33.0 Å². The number of carbonyl (C=O) groups excluding carboxylic acids is 4. The molecule has 2 aliphatic heterocycles. The van der Waals surface area contributed by atoms with Crippen LogP contribution in [0.5, 0.6) is 5.75 Å². The van der Waals surface area contributed by atoms with Crippen molar-refractivity contribution < 1.29 is 42.4 Å². The second kappa shape index (κ2) is 8.98. The van der Waals surface area contributed by atoms with Crippen molar-refractivity contribution in [3.8, 4) is 5.75 Å². The van der Waals surface area contributed by atoms with E-state index in [1.54, 1.807) is 18.2 Å². The van der Waals surface area contributed by atoms with E-state index in [4.69, 9.17) is 9.39 Å². The summed E-state index contributed by atoms with van der Waals surface area (Å²) in [6.45, 7) is 0.0353. The third kappa shape index (κ3) is 4.70. The first-order chi connectivity index (χ1) is 16.0. The third-order valence-corrected chi connectivity index (χ3v) is 5.64. The van der Waals surface area contributed by atoms with Gasteiger partial charge in [0.1, 0.15) is 17.1 Å². The van der Waals surface area contributed by atoms with Crippen LogP contribution in [0.4, 0.5) is 8.78 Å². The molecule has 0 spiro atoms. The first-order valence-corrected chi connectivity index (χ1v) is 10.5. The molecule has 0 aromatic heterocycles. The molecule has 4 rings (SSSR count). The zero-order valence-corrected chi connectivity index (χ0v) is 18.1. The molecule has 0 aliphatic carbocycles. The predicted molar refractivity (Wildman–Crippen MR) is 115 cm³/mol. The third-order valence-electron chi connectivity index (χ3n) is 5.64. The van der Waals surface area contributed by atoms with Crippen molar-refractivity contribution in [3.05, 3.63) is 64.7 Å². The molecule has 0 saturated carbocycles. The molecule has 8 nitrogen and oxygen atoms in total. The largest absolute Gasteiger partial charge is 0.535 e. The average molecular weight is 471 g/mol. The summed E-state index contributed by atoms with van der Waals surface area (Å²) in [4.78, 5) is 50.3. The number of imide groups is 1. The molecule has 11 heteroatoms. The van der Waals surface area contributed by atoms with E-state index in [1.807, 2.05) is 0 Å². The summed E-state index contributed by atoms with van der Waals surface area (Å²) in [7, 11) is -1.49. The number of alkyl halides is 2. The Morgan fingerprint density at radius 2 is 1.79 bits per heavy atom. The smallest absolute Gasteiger partial charge is 0.526 e. The number of fused-ring (bicyclic) bond motifs is 2. The van der Waals surface area contributed by atoms with Crippen molar-refractivity contribution in [3.63, 3.8) is 0 Å². The lowest BCUT2D eigenvalue weighted by molar-refractivity contribution is -0.125. The van der Waals surface area contributed by atoms with Crippen LogP contribution < -0.4 is 4.65 Å². The van der Waals surface area contributed by atoms with Gasteiger partial charge in [0, 0.05) is 12.2 Å². The van der Waals surface area contributed by atoms with Crippen molar-refractivity contribution in [1.29, 1.82) is 0 Å². The second-order valence-corrected chi connectivity index (χ2v) is 8.40. The topological polar surface area (TPSA) is 110 Å². The van der Waals surface area contributed by atoms with Gasteiger partial charge in [-0.25, -0.2) is 18.5 Å². The Morgan fingerprint density at radius 3 is 2.41 bits per heavy atom. The zero-order chi connectivity index (χ0) is 24.6. The zero-order valence-electron chi connectivity index (χ0n) is 18.1. The number of carbonyl (C=O) groups is 4. The fourth-order valence-electron chi connectivity index (χ4n) is 4.09. The summed E-state index contributed by atoms with van der Waals surface area (Å²) in [6, 6.07) is 10.8. The SMILES string of the molecule is CC(F)(F)CC(=O)C[C@H]1Cc2cccc(C(=O)OCN3C(=O)c4ccccc4C3=O)c2OB1O. The molecule has 2 heterocycles. The summed E-state index contributed by atoms with van der Waals surface area (Å²) in [5, 5.41) is 10.3. The standard InChI is InChI=1S/C23H20BF2NO7/c1-23(25,26)11-15(28)10-14-9-13-5-4-8-18(19(13)34-24(14)32)22(31)33-12-27-20(29)16-6-2-3-7-17(16)21(27)30/h2-8,14,32H,9-12H2,1H3/t14-/m1/s1. The van der Waals surface area contributed by atoms with Crippen molar-refractivity contribution in [1.82, 2.24) is 4.90 Å². The van der Waals surface area contributed by atoms with Crippen LogP contribution in [0, 0.1) is 0 Å². The molecule has 2 aromatic rings. The van der Waals surface area contributed by atoms with Crippen molar-refractivity contribution >= 4 is 30.7 Å². The minimum Gasteiger partial charge on any atom is -0.535 e. The summed E-state index contributed by atoms with van der Waals surface area (Å²) < 4.78 is 36.8. The fraction of sp³-hybridized carbons (Fsp3) is 0.304. The van der Waals surface area contributed by atoms with Crippen LogP contribution in [-0.4, -0.2) is 53.3 Å². The molecule has 0 fully saturated rings. The Labute approximate surface area is 193 Å². The number of ketones is 1. The first-order valence-electron chi connectivity index (χ1n) is 10.5. The number of nitrogens with zero attached hydrogens (tertiary/aromatic N) is 1. The normalized spacial score (nSPS) is 17.2. The molecule has 1 N–H and O–H groups in total. The summed E-state index contributed by atoms with van der Waals surface area (Å²) in [5.74, 6) is -6.63. The molecule has 2 aromatic carbocycles. The molecule has 1 atom stereocenters. The van der Waals surface area contributed by atoms with Gasteiger partial charge in [-0.15, -0.1) is 0 Å².